The number of hydrogen-bond acceptors (Lipinski definition) is 6. The number of rotatable bonds is 8. The zero-order valence-electron chi connectivity index (χ0n) is 18.1. The number of fused-ring (bicyclic) bond motifs is 3. The van der Waals surface area contributed by atoms with Gasteiger partial charge in [0.05, 0.1) is 12.0 Å². The van der Waals surface area contributed by atoms with Crippen LogP contribution in [0.4, 0.5) is 4.79 Å². The average molecular weight is 424 g/mol. The third-order valence-corrected chi connectivity index (χ3v) is 6.75. The van der Waals surface area contributed by atoms with Gasteiger partial charge in [0.1, 0.15) is 12.6 Å². The molecule has 1 aromatic carbocycles. The summed E-state index contributed by atoms with van der Waals surface area (Å²) < 4.78 is 6.06. The number of urea groups is 1. The molecule has 0 radical (unpaired) electrons. The summed E-state index contributed by atoms with van der Waals surface area (Å²) in [6.07, 6.45) is 3.04. The van der Waals surface area contributed by atoms with Gasteiger partial charge in [-0.25, -0.2) is 4.79 Å². The highest BCUT2D eigenvalue weighted by atomic mass is 16.7. The molecule has 3 heterocycles. The molecule has 3 aliphatic rings. The molecule has 1 saturated carbocycles. The number of carbonyl (C=O) groups excluding carboxylic acids is 1. The van der Waals surface area contributed by atoms with E-state index in [1.807, 2.05) is 49.1 Å². The lowest BCUT2D eigenvalue weighted by Crippen LogP contribution is -2.42. The normalized spacial score (nSPS) is 24.5. The Morgan fingerprint density at radius 1 is 1.35 bits per heavy atom. The first-order chi connectivity index (χ1) is 15.0. The topological polar surface area (TPSA) is 83.7 Å². The van der Waals surface area contributed by atoms with Crippen LogP contribution in [-0.2, 0) is 11.4 Å². The van der Waals surface area contributed by atoms with Gasteiger partial charge in [0.15, 0.2) is 0 Å². The van der Waals surface area contributed by atoms with Crippen LogP contribution in [0.5, 0.6) is 0 Å². The molecule has 31 heavy (non-hydrogen) atoms. The molecule has 1 N–H and O–H groups in total. The summed E-state index contributed by atoms with van der Waals surface area (Å²) in [6.45, 7) is 9.52. The maximum Gasteiger partial charge on any atom is 0.345 e. The minimum atomic E-state index is -0.195. The largest absolute Gasteiger partial charge is 0.423 e. The van der Waals surface area contributed by atoms with Crippen molar-refractivity contribution in [3.8, 4) is 0 Å². The van der Waals surface area contributed by atoms with Crippen LogP contribution in [0.15, 0.2) is 47.0 Å². The number of aromatic nitrogens is 2. The molecule has 1 aliphatic carbocycles. The second-order valence-corrected chi connectivity index (χ2v) is 9.16. The van der Waals surface area contributed by atoms with E-state index in [0.717, 1.165) is 30.5 Å². The molecule has 3 fully saturated rings. The molecule has 8 heteroatoms. The van der Waals surface area contributed by atoms with Crippen LogP contribution in [0.2, 0.25) is 0 Å². The second-order valence-electron chi connectivity index (χ2n) is 9.16. The first kappa shape index (κ1) is 20.1. The molecular formula is C23H29N5O3. The molecule has 1 aromatic heterocycles. The molecule has 3 atom stereocenters. The summed E-state index contributed by atoms with van der Waals surface area (Å²) in [7, 11) is 0. The summed E-state index contributed by atoms with van der Waals surface area (Å²) in [5.74, 6) is 1.17. The molecular weight excluding hydrogens is 394 g/mol. The SMILES string of the molecule is C=C(C)NCC(C)c1nnc([C@@H]2CC3(CC3)[C@@H]3CN2C(=O)N3OCc2ccccc2)o1. The van der Waals surface area contributed by atoms with Gasteiger partial charge in [-0.1, -0.05) is 43.8 Å². The number of hydrogen-bond donors (Lipinski definition) is 1. The molecule has 2 amide bonds. The first-order valence-corrected chi connectivity index (χ1v) is 11.0. The molecule has 2 aliphatic heterocycles. The fourth-order valence-corrected chi connectivity index (χ4v) is 4.71. The summed E-state index contributed by atoms with van der Waals surface area (Å²) >= 11 is 0. The molecule has 8 nitrogen and oxygen atoms in total. The lowest BCUT2D eigenvalue weighted by atomic mass is 9.85. The lowest BCUT2D eigenvalue weighted by molar-refractivity contribution is -0.153. The number of hydroxylamine groups is 2. The summed E-state index contributed by atoms with van der Waals surface area (Å²) in [4.78, 5) is 21.1. The summed E-state index contributed by atoms with van der Waals surface area (Å²) in [5.41, 5.74) is 2.04. The highest BCUT2D eigenvalue weighted by Gasteiger charge is 2.64. The quantitative estimate of drug-likeness (QED) is 0.696. The summed E-state index contributed by atoms with van der Waals surface area (Å²) in [6, 6.07) is 9.72. The number of allylic oxidation sites excluding steroid dienone is 1. The Balaban J connectivity index is 1.32. The van der Waals surface area contributed by atoms with Gasteiger partial charge in [0.2, 0.25) is 11.8 Å². The monoisotopic (exact) mass is 423 g/mol. The van der Waals surface area contributed by atoms with E-state index in [1.165, 1.54) is 0 Å². The van der Waals surface area contributed by atoms with Crippen molar-refractivity contribution in [2.45, 2.75) is 57.7 Å². The van der Waals surface area contributed by atoms with Crippen molar-refractivity contribution in [2.75, 3.05) is 13.1 Å². The van der Waals surface area contributed by atoms with Crippen LogP contribution in [0.1, 0.15) is 62.4 Å². The Morgan fingerprint density at radius 2 is 2.13 bits per heavy atom. The Kier molecular flexibility index (Phi) is 4.97. The zero-order chi connectivity index (χ0) is 21.6. The van der Waals surface area contributed by atoms with E-state index < -0.39 is 0 Å². The fraction of sp³-hybridized carbons (Fsp3) is 0.522. The van der Waals surface area contributed by atoms with Crippen LogP contribution in [0.25, 0.3) is 0 Å². The van der Waals surface area contributed by atoms with Crippen LogP contribution in [0.3, 0.4) is 0 Å². The number of piperidine rings is 1. The Morgan fingerprint density at radius 3 is 2.84 bits per heavy atom. The Labute approximate surface area is 182 Å². The van der Waals surface area contributed by atoms with Crippen molar-refractivity contribution in [3.63, 3.8) is 0 Å². The van der Waals surface area contributed by atoms with Gasteiger partial charge < -0.3 is 14.6 Å². The molecule has 5 rings (SSSR count). The van der Waals surface area contributed by atoms with Crippen LogP contribution in [-0.4, -0.2) is 45.3 Å². The molecule has 1 unspecified atom stereocenters. The number of nitrogens with one attached hydrogen (secondary N) is 1. The van der Waals surface area contributed by atoms with Gasteiger partial charge >= 0.3 is 6.03 Å². The lowest BCUT2D eigenvalue weighted by Gasteiger charge is -2.35. The number of nitrogens with zero attached hydrogens (tertiary/aromatic N) is 4. The predicted octanol–water partition coefficient (Wildman–Crippen LogP) is 3.76. The molecule has 164 valence electrons. The number of amides is 2. The van der Waals surface area contributed by atoms with Crippen LogP contribution in [0, 0.1) is 5.41 Å². The Bertz CT molecular complexity index is 971. The van der Waals surface area contributed by atoms with Crippen molar-refractivity contribution in [1.82, 2.24) is 25.5 Å². The van der Waals surface area contributed by atoms with E-state index in [2.05, 4.69) is 22.1 Å². The maximum absolute atomic E-state index is 13.2. The first-order valence-electron chi connectivity index (χ1n) is 11.0. The highest BCUT2D eigenvalue weighted by Crippen LogP contribution is 2.61. The fourth-order valence-electron chi connectivity index (χ4n) is 4.71. The second kappa shape index (κ2) is 7.67. The molecule has 2 saturated heterocycles. The van der Waals surface area contributed by atoms with Gasteiger partial charge in [0.25, 0.3) is 0 Å². The smallest absolute Gasteiger partial charge is 0.345 e. The van der Waals surface area contributed by atoms with E-state index in [1.54, 1.807) is 5.06 Å². The van der Waals surface area contributed by atoms with Gasteiger partial charge in [-0.15, -0.1) is 10.2 Å². The minimum Gasteiger partial charge on any atom is -0.423 e. The van der Waals surface area contributed by atoms with Gasteiger partial charge in [0, 0.05) is 18.8 Å². The van der Waals surface area contributed by atoms with E-state index in [-0.39, 0.29) is 29.4 Å². The van der Waals surface area contributed by atoms with Crippen molar-refractivity contribution < 1.29 is 14.0 Å². The van der Waals surface area contributed by atoms with E-state index in [4.69, 9.17) is 9.25 Å². The van der Waals surface area contributed by atoms with E-state index in [9.17, 15) is 4.79 Å². The average Bonchev–Trinajstić information content (AvgIpc) is 3.24. The third kappa shape index (κ3) is 3.69. The Hall–Kier alpha value is -2.87. The van der Waals surface area contributed by atoms with Gasteiger partial charge in [-0.05, 0) is 37.2 Å². The van der Waals surface area contributed by atoms with Gasteiger partial charge in [-0.3, -0.25) is 4.84 Å². The van der Waals surface area contributed by atoms with Crippen molar-refractivity contribution in [3.05, 3.63) is 60.0 Å². The van der Waals surface area contributed by atoms with Crippen LogP contribution < -0.4 is 5.32 Å². The summed E-state index contributed by atoms with van der Waals surface area (Å²) in [5, 5.41) is 13.4. The van der Waals surface area contributed by atoms with Crippen molar-refractivity contribution in [2.24, 2.45) is 5.41 Å². The standard InChI is InChI=1S/C23H29N5O3/c1-15(2)24-12-16(3)20-25-26-21(31-20)18-11-23(9-10-23)19-13-27(18)22(29)28(19)30-14-17-7-5-4-6-8-17/h4-8,16,18-19,24H,1,9-14H2,2-3H3/t16?,18-,19-/m0/s1. The van der Waals surface area contributed by atoms with Crippen molar-refractivity contribution >= 4 is 6.03 Å². The number of carbonyl (C=O) groups is 1. The van der Waals surface area contributed by atoms with Gasteiger partial charge in [-0.2, -0.15) is 5.06 Å². The minimum absolute atomic E-state index is 0.0594. The van der Waals surface area contributed by atoms with E-state index in [0.29, 0.717) is 31.5 Å². The van der Waals surface area contributed by atoms with Crippen molar-refractivity contribution in [1.29, 1.82) is 0 Å². The zero-order valence-corrected chi connectivity index (χ0v) is 18.1. The molecule has 2 aromatic rings. The molecule has 2 bridgehead atoms. The number of benzene rings is 1. The highest BCUT2D eigenvalue weighted by molar-refractivity contribution is 5.77. The van der Waals surface area contributed by atoms with Crippen LogP contribution >= 0.6 is 0 Å². The predicted molar refractivity (Wildman–Crippen MR) is 114 cm³/mol. The molecule has 1 spiro atoms. The maximum atomic E-state index is 13.2. The van der Waals surface area contributed by atoms with E-state index >= 15 is 0 Å². The third-order valence-electron chi connectivity index (χ3n) is 6.75.